The largest absolute Gasteiger partial charge is 0.497 e. The SMILES string of the molecule is COc1ccc(C=CC(=O)Nc2nc3c(s2)C(=O)CC(C)(C)C3)cc1. The number of anilines is 1. The van der Waals surface area contributed by atoms with Crippen molar-refractivity contribution in [2.45, 2.75) is 26.7 Å². The van der Waals surface area contributed by atoms with E-state index < -0.39 is 0 Å². The lowest BCUT2D eigenvalue weighted by Crippen LogP contribution is -2.26. The molecular weight excluding hydrogens is 336 g/mol. The van der Waals surface area contributed by atoms with Gasteiger partial charge in [-0.25, -0.2) is 4.98 Å². The lowest BCUT2D eigenvalue weighted by molar-refractivity contribution is -0.111. The van der Waals surface area contributed by atoms with E-state index in [4.69, 9.17) is 4.74 Å². The third-order valence-corrected chi connectivity index (χ3v) is 5.06. The van der Waals surface area contributed by atoms with Crippen LogP contribution in [0.1, 0.15) is 41.2 Å². The zero-order chi connectivity index (χ0) is 18.0. The van der Waals surface area contributed by atoms with Gasteiger partial charge in [0, 0.05) is 12.5 Å². The van der Waals surface area contributed by atoms with E-state index in [9.17, 15) is 9.59 Å². The minimum Gasteiger partial charge on any atom is -0.497 e. The van der Waals surface area contributed by atoms with Gasteiger partial charge < -0.3 is 4.74 Å². The number of rotatable bonds is 4. The van der Waals surface area contributed by atoms with Crippen LogP contribution >= 0.6 is 11.3 Å². The summed E-state index contributed by atoms with van der Waals surface area (Å²) in [6, 6.07) is 7.40. The number of benzene rings is 1. The third kappa shape index (κ3) is 4.14. The van der Waals surface area contributed by atoms with Gasteiger partial charge in [0.15, 0.2) is 10.9 Å². The highest BCUT2D eigenvalue weighted by molar-refractivity contribution is 7.17. The second kappa shape index (κ2) is 6.80. The van der Waals surface area contributed by atoms with Crippen molar-refractivity contribution in [2.24, 2.45) is 5.41 Å². The Morgan fingerprint density at radius 1 is 1.28 bits per heavy atom. The predicted octanol–water partition coefficient (Wildman–Crippen LogP) is 3.96. The molecule has 0 unspecified atom stereocenters. The van der Waals surface area contributed by atoms with Crippen LogP contribution in [-0.4, -0.2) is 23.8 Å². The number of hydrogen-bond donors (Lipinski definition) is 1. The molecule has 6 heteroatoms. The standard InChI is InChI=1S/C19H20N2O3S/c1-19(2)10-14-17(15(22)11-19)25-18(20-14)21-16(23)9-6-12-4-7-13(24-3)8-5-12/h4-9H,10-11H2,1-3H3,(H,20,21,23). The predicted molar refractivity (Wildman–Crippen MR) is 99.2 cm³/mol. The van der Waals surface area contributed by atoms with Gasteiger partial charge in [0.2, 0.25) is 5.91 Å². The van der Waals surface area contributed by atoms with Gasteiger partial charge in [-0.15, -0.1) is 0 Å². The number of thiazole rings is 1. The molecule has 1 aromatic carbocycles. The van der Waals surface area contributed by atoms with E-state index in [1.54, 1.807) is 13.2 Å². The minimum atomic E-state index is -0.270. The van der Waals surface area contributed by atoms with Gasteiger partial charge >= 0.3 is 0 Å². The molecule has 130 valence electrons. The Morgan fingerprint density at radius 3 is 2.68 bits per heavy atom. The van der Waals surface area contributed by atoms with Crippen molar-refractivity contribution in [1.82, 2.24) is 4.98 Å². The lowest BCUT2D eigenvalue weighted by Gasteiger charge is -2.26. The summed E-state index contributed by atoms with van der Waals surface area (Å²) in [4.78, 5) is 29.4. The average molecular weight is 356 g/mol. The summed E-state index contributed by atoms with van der Waals surface area (Å²) < 4.78 is 5.10. The van der Waals surface area contributed by atoms with Crippen LogP contribution in [0.4, 0.5) is 5.13 Å². The first-order chi connectivity index (χ1) is 11.9. The molecule has 0 fully saturated rings. The van der Waals surface area contributed by atoms with Gasteiger partial charge in [0.05, 0.1) is 17.7 Å². The number of fused-ring (bicyclic) bond motifs is 1. The van der Waals surface area contributed by atoms with Gasteiger partial charge in [-0.2, -0.15) is 0 Å². The zero-order valence-corrected chi connectivity index (χ0v) is 15.3. The molecule has 1 amide bonds. The van der Waals surface area contributed by atoms with Gasteiger partial charge in [-0.05, 0) is 35.6 Å². The molecule has 1 aliphatic carbocycles. The fourth-order valence-electron chi connectivity index (χ4n) is 2.81. The Morgan fingerprint density at radius 2 is 2.00 bits per heavy atom. The van der Waals surface area contributed by atoms with Crippen LogP contribution in [-0.2, 0) is 11.2 Å². The number of methoxy groups -OCH3 is 1. The first kappa shape index (κ1) is 17.4. The van der Waals surface area contributed by atoms with E-state index in [-0.39, 0.29) is 17.1 Å². The highest BCUT2D eigenvalue weighted by Gasteiger charge is 2.33. The van der Waals surface area contributed by atoms with Gasteiger partial charge in [0.1, 0.15) is 5.75 Å². The maximum Gasteiger partial charge on any atom is 0.250 e. The quantitative estimate of drug-likeness (QED) is 0.842. The van der Waals surface area contributed by atoms with Crippen molar-refractivity contribution >= 4 is 34.2 Å². The lowest BCUT2D eigenvalue weighted by atomic mass is 9.78. The van der Waals surface area contributed by atoms with E-state index in [0.29, 0.717) is 16.4 Å². The summed E-state index contributed by atoms with van der Waals surface area (Å²) in [6.07, 6.45) is 4.44. The third-order valence-electron chi connectivity index (χ3n) is 4.01. The van der Waals surface area contributed by atoms with Crippen molar-refractivity contribution in [3.8, 4) is 5.75 Å². The molecule has 1 aromatic heterocycles. The second-order valence-electron chi connectivity index (χ2n) is 6.83. The van der Waals surface area contributed by atoms with E-state index in [1.165, 1.54) is 17.4 Å². The summed E-state index contributed by atoms with van der Waals surface area (Å²) in [5.74, 6) is 0.606. The van der Waals surface area contributed by atoms with Crippen molar-refractivity contribution in [3.05, 3.63) is 46.5 Å². The minimum absolute atomic E-state index is 0.0757. The van der Waals surface area contributed by atoms with Crippen LogP contribution in [0.5, 0.6) is 5.75 Å². The smallest absolute Gasteiger partial charge is 0.250 e. The van der Waals surface area contributed by atoms with E-state index in [1.807, 2.05) is 24.3 Å². The average Bonchev–Trinajstić information content (AvgIpc) is 2.94. The number of aromatic nitrogens is 1. The molecule has 0 bridgehead atoms. The van der Waals surface area contributed by atoms with Gasteiger partial charge in [-0.1, -0.05) is 37.3 Å². The molecule has 25 heavy (non-hydrogen) atoms. The monoisotopic (exact) mass is 356 g/mol. The Hall–Kier alpha value is -2.47. The molecular formula is C19H20N2O3S. The fourth-order valence-corrected chi connectivity index (χ4v) is 3.73. The van der Waals surface area contributed by atoms with Crippen molar-refractivity contribution in [2.75, 3.05) is 12.4 Å². The van der Waals surface area contributed by atoms with Crippen molar-refractivity contribution < 1.29 is 14.3 Å². The number of Topliss-reactive ketones (excluding diaryl/α,β-unsaturated/α-hetero) is 1. The summed E-state index contributed by atoms with van der Waals surface area (Å²) in [7, 11) is 1.61. The maximum absolute atomic E-state index is 12.2. The number of ketones is 1. The molecule has 0 radical (unpaired) electrons. The summed E-state index contributed by atoms with van der Waals surface area (Å²) in [5, 5.41) is 3.22. The number of hydrogen-bond acceptors (Lipinski definition) is 5. The fraction of sp³-hybridized carbons (Fsp3) is 0.316. The number of amides is 1. The van der Waals surface area contributed by atoms with Crippen molar-refractivity contribution in [1.29, 1.82) is 0 Å². The molecule has 0 aliphatic heterocycles. The Balaban J connectivity index is 1.67. The Kier molecular flexibility index (Phi) is 4.72. The molecule has 1 N–H and O–H groups in total. The highest BCUT2D eigenvalue weighted by atomic mass is 32.1. The van der Waals surface area contributed by atoms with Crippen LogP contribution in [0.2, 0.25) is 0 Å². The van der Waals surface area contributed by atoms with Crippen LogP contribution in [0, 0.1) is 5.41 Å². The Labute approximate surface area is 150 Å². The first-order valence-electron chi connectivity index (χ1n) is 8.02. The van der Waals surface area contributed by atoms with E-state index >= 15 is 0 Å². The molecule has 0 spiro atoms. The van der Waals surface area contributed by atoms with Crippen molar-refractivity contribution in [3.63, 3.8) is 0 Å². The molecule has 3 rings (SSSR count). The normalized spacial score (nSPS) is 15.9. The summed E-state index contributed by atoms with van der Waals surface area (Å²) in [5.41, 5.74) is 1.61. The maximum atomic E-state index is 12.2. The second-order valence-corrected chi connectivity index (χ2v) is 7.83. The van der Waals surface area contributed by atoms with Gasteiger partial charge in [-0.3, -0.25) is 14.9 Å². The number of nitrogens with one attached hydrogen (secondary N) is 1. The van der Waals surface area contributed by atoms with Crippen LogP contribution in [0.15, 0.2) is 30.3 Å². The van der Waals surface area contributed by atoms with E-state index in [0.717, 1.165) is 23.4 Å². The highest BCUT2D eigenvalue weighted by Crippen LogP contribution is 2.38. The van der Waals surface area contributed by atoms with Crippen LogP contribution < -0.4 is 10.1 Å². The van der Waals surface area contributed by atoms with Crippen LogP contribution in [0.25, 0.3) is 6.08 Å². The first-order valence-corrected chi connectivity index (χ1v) is 8.84. The Bertz CT molecular complexity index is 835. The summed E-state index contributed by atoms with van der Waals surface area (Å²) >= 11 is 1.26. The number of nitrogens with zero attached hydrogens (tertiary/aromatic N) is 1. The van der Waals surface area contributed by atoms with E-state index in [2.05, 4.69) is 24.1 Å². The molecule has 0 saturated heterocycles. The van der Waals surface area contributed by atoms with Gasteiger partial charge in [0.25, 0.3) is 0 Å². The molecule has 0 saturated carbocycles. The number of carbonyl (C=O) groups excluding carboxylic acids is 2. The molecule has 1 heterocycles. The summed E-state index contributed by atoms with van der Waals surface area (Å²) in [6.45, 7) is 4.12. The topological polar surface area (TPSA) is 68.3 Å². The molecule has 0 atom stereocenters. The number of carbonyl (C=O) groups is 2. The number of ether oxygens (including phenoxy) is 1. The molecule has 5 nitrogen and oxygen atoms in total. The van der Waals surface area contributed by atoms with Crippen LogP contribution in [0.3, 0.4) is 0 Å². The molecule has 1 aliphatic rings. The zero-order valence-electron chi connectivity index (χ0n) is 14.5. The molecule has 2 aromatic rings.